The number of carbonyl (C=O) groups is 1. The van der Waals surface area contributed by atoms with Crippen LogP contribution in [0.4, 0.5) is 5.69 Å². The van der Waals surface area contributed by atoms with Gasteiger partial charge in [0.15, 0.2) is 0 Å². The number of carbonyl (C=O) groups excluding carboxylic acids is 1. The first kappa shape index (κ1) is 8.69. The van der Waals surface area contributed by atoms with Gasteiger partial charge in [-0.3, -0.25) is 4.79 Å². The van der Waals surface area contributed by atoms with Gasteiger partial charge in [0.25, 0.3) is 5.91 Å². The average molecular weight is 186 g/mol. The van der Waals surface area contributed by atoms with Gasteiger partial charge in [0, 0.05) is 11.9 Å². The first-order chi connectivity index (χ1) is 6.77. The van der Waals surface area contributed by atoms with Crippen LogP contribution in [-0.2, 0) is 4.79 Å². The van der Waals surface area contributed by atoms with Gasteiger partial charge in [-0.15, -0.1) is 0 Å². The first-order valence-corrected chi connectivity index (χ1v) is 4.37. The summed E-state index contributed by atoms with van der Waals surface area (Å²) in [5.41, 5.74) is 7.18. The van der Waals surface area contributed by atoms with Crippen LogP contribution >= 0.6 is 0 Å². The number of rotatable bonds is 1. The molecule has 1 aromatic rings. The molecule has 1 atom stereocenters. The standard InChI is InChI=1S/C11H10N2O/c12-9-5-3-8(4-6-9)10-2-1-7-13-11(10)14/h1-7,10H,12H2. The summed E-state index contributed by atoms with van der Waals surface area (Å²) in [4.78, 5) is 15.1. The third kappa shape index (κ3) is 1.57. The lowest BCUT2D eigenvalue weighted by Crippen LogP contribution is -2.10. The Morgan fingerprint density at radius 3 is 2.57 bits per heavy atom. The Morgan fingerprint density at radius 2 is 1.93 bits per heavy atom. The van der Waals surface area contributed by atoms with E-state index in [1.807, 2.05) is 18.2 Å². The second-order valence-electron chi connectivity index (χ2n) is 3.15. The van der Waals surface area contributed by atoms with Crippen molar-refractivity contribution in [3.8, 4) is 0 Å². The fourth-order valence-corrected chi connectivity index (χ4v) is 1.40. The van der Waals surface area contributed by atoms with Crippen LogP contribution in [0.15, 0.2) is 41.4 Å². The molecule has 1 aromatic carbocycles. The fourth-order valence-electron chi connectivity index (χ4n) is 1.40. The van der Waals surface area contributed by atoms with Crippen molar-refractivity contribution in [3.05, 3.63) is 42.0 Å². The zero-order valence-corrected chi connectivity index (χ0v) is 7.55. The molecule has 3 nitrogen and oxygen atoms in total. The van der Waals surface area contributed by atoms with Crippen LogP contribution in [0.3, 0.4) is 0 Å². The zero-order chi connectivity index (χ0) is 9.97. The third-order valence-electron chi connectivity index (χ3n) is 2.15. The van der Waals surface area contributed by atoms with E-state index in [9.17, 15) is 4.79 Å². The van der Waals surface area contributed by atoms with Gasteiger partial charge in [-0.25, -0.2) is 4.99 Å². The lowest BCUT2D eigenvalue weighted by atomic mass is 9.96. The molecule has 2 N–H and O–H groups in total. The van der Waals surface area contributed by atoms with Gasteiger partial charge in [0.2, 0.25) is 0 Å². The summed E-state index contributed by atoms with van der Waals surface area (Å²) in [6, 6.07) is 7.27. The Balaban J connectivity index is 2.31. The van der Waals surface area contributed by atoms with Crippen molar-refractivity contribution < 1.29 is 4.79 Å². The second kappa shape index (κ2) is 3.46. The summed E-state index contributed by atoms with van der Waals surface area (Å²) in [7, 11) is 0. The van der Waals surface area contributed by atoms with Crippen molar-refractivity contribution in [1.82, 2.24) is 0 Å². The fraction of sp³-hybridized carbons (Fsp3) is 0.0909. The molecule has 3 heteroatoms. The zero-order valence-electron chi connectivity index (χ0n) is 7.55. The summed E-state index contributed by atoms with van der Waals surface area (Å²) in [5, 5.41) is 0. The van der Waals surface area contributed by atoms with E-state index in [1.54, 1.807) is 18.2 Å². The highest BCUT2D eigenvalue weighted by atomic mass is 16.1. The maximum atomic E-state index is 11.4. The van der Waals surface area contributed by atoms with Crippen LogP contribution in [0.1, 0.15) is 11.5 Å². The number of aliphatic imine (C=N–C) groups is 1. The number of hydrogen-bond donors (Lipinski definition) is 1. The molecular weight excluding hydrogens is 176 g/mol. The van der Waals surface area contributed by atoms with Gasteiger partial charge in [0.1, 0.15) is 0 Å². The Labute approximate surface area is 82.0 Å². The number of nitrogens with two attached hydrogens (primary N) is 1. The molecule has 0 aliphatic carbocycles. The van der Waals surface area contributed by atoms with Crippen molar-refractivity contribution in [2.24, 2.45) is 4.99 Å². The number of allylic oxidation sites excluding steroid dienone is 1. The van der Waals surface area contributed by atoms with Crippen molar-refractivity contribution in [2.45, 2.75) is 5.92 Å². The van der Waals surface area contributed by atoms with Gasteiger partial charge in [0.05, 0.1) is 5.92 Å². The predicted octanol–water partition coefficient (Wildman–Crippen LogP) is 1.52. The summed E-state index contributed by atoms with van der Waals surface area (Å²) in [6.07, 6.45) is 5.12. The van der Waals surface area contributed by atoms with Gasteiger partial charge >= 0.3 is 0 Å². The van der Waals surface area contributed by atoms with E-state index >= 15 is 0 Å². The highest BCUT2D eigenvalue weighted by molar-refractivity contribution is 5.97. The van der Waals surface area contributed by atoms with E-state index in [0.29, 0.717) is 5.69 Å². The molecule has 1 unspecified atom stereocenters. The molecular formula is C11H10N2O. The minimum absolute atomic E-state index is 0.128. The van der Waals surface area contributed by atoms with Crippen molar-refractivity contribution in [2.75, 3.05) is 5.73 Å². The monoisotopic (exact) mass is 186 g/mol. The normalized spacial score (nSPS) is 20.0. The van der Waals surface area contributed by atoms with Crippen molar-refractivity contribution >= 4 is 17.8 Å². The molecule has 1 amide bonds. The number of dihydropyridines is 1. The predicted molar refractivity (Wildman–Crippen MR) is 56.2 cm³/mol. The average Bonchev–Trinajstić information content (AvgIpc) is 2.20. The number of hydrogen-bond acceptors (Lipinski definition) is 2. The van der Waals surface area contributed by atoms with Crippen LogP contribution in [0.25, 0.3) is 0 Å². The number of benzene rings is 1. The molecule has 0 bridgehead atoms. The molecule has 1 heterocycles. The third-order valence-corrected chi connectivity index (χ3v) is 2.15. The second-order valence-corrected chi connectivity index (χ2v) is 3.15. The van der Waals surface area contributed by atoms with Gasteiger partial charge < -0.3 is 5.73 Å². The number of nitrogen functional groups attached to an aromatic ring is 1. The number of anilines is 1. The molecule has 2 rings (SSSR count). The molecule has 0 saturated heterocycles. The summed E-state index contributed by atoms with van der Waals surface area (Å²) in [6.45, 7) is 0. The van der Waals surface area contributed by atoms with Crippen LogP contribution in [0, 0.1) is 0 Å². The van der Waals surface area contributed by atoms with E-state index in [-0.39, 0.29) is 11.8 Å². The largest absolute Gasteiger partial charge is 0.399 e. The molecule has 0 fully saturated rings. The van der Waals surface area contributed by atoms with Gasteiger partial charge in [-0.2, -0.15) is 0 Å². The van der Waals surface area contributed by atoms with Crippen LogP contribution in [0.2, 0.25) is 0 Å². The van der Waals surface area contributed by atoms with E-state index in [2.05, 4.69) is 4.99 Å². The Kier molecular flexibility index (Phi) is 2.14. The van der Waals surface area contributed by atoms with Crippen LogP contribution in [-0.4, -0.2) is 12.1 Å². The van der Waals surface area contributed by atoms with Crippen LogP contribution in [0.5, 0.6) is 0 Å². The van der Waals surface area contributed by atoms with E-state index in [0.717, 1.165) is 5.56 Å². The highest BCUT2D eigenvalue weighted by Gasteiger charge is 2.17. The van der Waals surface area contributed by atoms with E-state index < -0.39 is 0 Å². The van der Waals surface area contributed by atoms with Gasteiger partial charge in [-0.05, 0) is 23.8 Å². The summed E-state index contributed by atoms with van der Waals surface area (Å²) in [5.74, 6) is -0.377. The molecule has 70 valence electrons. The molecule has 14 heavy (non-hydrogen) atoms. The topological polar surface area (TPSA) is 55.4 Å². The van der Waals surface area contributed by atoms with Crippen molar-refractivity contribution in [1.29, 1.82) is 0 Å². The van der Waals surface area contributed by atoms with E-state index in [1.165, 1.54) is 6.21 Å². The first-order valence-electron chi connectivity index (χ1n) is 4.37. The van der Waals surface area contributed by atoms with Gasteiger partial charge in [-0.1, -0.05) is 18.2 Å². The molecule has 0 saturated carbocycles. The van der Waals surface area contributed by atoms with E-state index in [4.69, 9.17) is 5.73 Å². The molecule has 0 radical (unpaired) electrons. The SMILES string of the molecule is Nc1ccc(C2C=CC=NC2=O)cc1. The molecule has 0 aromatic heterocycles. The Bertz CT molecular complexity index is 404. The Hall–Kier alpha value is -1.90. The lowest BCUT2D eigenvalue weighted by molar-refractivity contribution is -0.118. The maximum absolute atomic E-state index is 11.4. The molecule has 1 aliphatic rings. The number of nitrogens with zero attached hydrogens (tertiary/aromatic N) is 1. The molecule has 0 spiro atoms. The maximum Gasteiger partial charge on any atom is 0.257 e. The smallest absolute Gasteiger partial charge is 0.257 e. The Morgan fingerprint density at radius 1 is 1.21 bits per heavy atom. The quantitative estimate of drug-likeness (QED) is 0.676. The lowest BCUT2D eigenvalue weighted by Gasteiger charge is -2.11. The summed E-state index contributed by atoms with van der Waals surface area (Å²) >= 11 is 0. The number of amides is 1. The minimum Gasteiger partial charge on any atom is -0.399 e. The van der Waals surface area contributed by atoms with Crippen LogP contribution < -0.4 is 5.73 Å². The highest BCUT2D eigenvalue weighted by Crippen LogP contribution is 2.21. The summed E-state index contributed by atoms with van der Waals surface area (Å²) < 4.78 is 0. The van der Waals surface area contributed by atoms with Crippen molar-refractivity contribution in [3.63, 3.8) is 0 Å². The molecule has 1 aliphatic heterocycles. The minimum atomic E-state index is -0.249.